The van der Waals surface area contributed by atoms with E-state index in [1.807, 2.05) is 4.90 Å². The van der Waals surface area contributed by atoms with Gasteiger partial charge in [-0.1, -0.05) is 24.3 Å². The van der Waals surface area contributed by atoms with Crippen LogP contribution in [0.5, 0.6) is 0 Å². The summed E-state index contributed by atoms with van der Waals surface area (Å²) in [5, 5.41) is 8.88. The Bertz CT molecular complexity index is 712. The molecule has 0 bridgehead atoms. The average molecular weight is 388 g/mol. The summed E-state index contributed by atoms with van der Waals surface area (Å²) in [6, 6.07) is 13.1. The lowest BCUT2D eigenvalue weighted by Crippen LogP contribution is -2.48. The number of carboxylic acids is 1. The fraction of sp³-hybridized carbons (Fsp3) is 0.409. The molecule has 0 spiro atoms. The molecule has 28 heavy (non-hydrogen) atoms. The van der Waals surface area contributed by atoms with Crippen molar-refractivity contribution in [3.63, 3.8) is 0 Å². The topological polar surface area (TPSA) is 43.8 Å². The van der Waals surface area contributed by atoms with Crippen LogP contribution >= 0.6 is 0 Å². The number of halogens is 2. The van der Waals surface area contributed by atoms with Crippen molar-refractivity contribution >= 4 is 5.97 Å². The third kappa shape index (κ3) is 5.84. The molecule has 1 aliphatic heterocycles. The van der Waals surface area contributed by atoms with Crippen molar-refractivity contribution < 1.29 is 18.7 Å². The summed E-state index contributed by atoms with van der Waals surface area (Å²) < 4.78 is 26.6. The fourth-order valence-electron chi connectivity index (χ4n) is 3.80. The van der Waals surface area contributed by atoms with Crippen LogP contribution in [0.2, 0.25) is 0 Å². The van der Waals surface area contributed by atoms with Crippen molar-refractivity contribution in [1.29, 1.82) is 0 Å². The van der Waals surface area contributed by atoms with E-state index < -0.39 is 5.97 Å². The predicted octanol–water partition coefficient (Wildman–Crippen LogP) is 3.58. The van der Waals surface area contributed by atoms with Crippen LogP contribution in [0, 0.1) is 11.6 Å². The Labute approximate surface area is 164 Å². The van der Waals surface area contributed by atoms with Gasteiger partial charge in [0, 0.05) is 32.1 Å². The second-order valence-electron chi connectivity index (χ2n) is 7.31. The molecule has 2 aromatic rings. The second-order valence-corrected chi connectivity index (χ2v) is 7.31. The van der Waals surface area contributed by atoms with Gasteiger partial charge in [-0.15, -0.1) is 0 Å². The molecular weight excluding hydrogens is 362 g/mol. The van der Waals surface area contributed by atoms with Gasteiger partial charge in [-0.2, -0.15) is 0 Å². The molecule has 1 N–H and O–H groups in total. The van der Waals surface area contributed by atoms with Gasteiger partial charge >= 0.3 is 5.97 Å². The maximum Gasteiger partial charge on any atom is 0.317 e. The zero-order valence-electron chi connectivity index (χ0n) is 15.9. The quantitative estimate of drug-likeness (QED) is 0.751. The van der Waals surface area contributed by atoms with Crippen molar-refractivity contribution in [2.75, 3.05) is 39.3 Å². The molecule has 4 nitrogen and oxygen atoms in total. The monoisotopic (exact) mass is 388 g/mol. The van der Waals surface area contributed by atoms with E-state index in [-0.39, 0.29) is 24.1 Å². The number of carbonyl (C=O) groups is 1. The zero-order chi connectivity index (χ0) is 19.9. The molecule has 1 saturated heterocycles. The first-order valence-corrected chi connectivity index (χ1v) is 9.68. The van der Waals surface area contributed by atoms with Crippen LogP contribution in [0.25, 0.3) is 0 Å². The van der Waals surface area contributed by atoms with Gasteiger partial charge in [-0.3, -0.25) is 9.69 Å². The standard InChI is InChI=1S/C22H26F2N2O2/c23-19-7-3-17(4-8-19)21(18-5-9-20(24)10-6-18)2-1-11-25-12-14-26(15-13-25)16-22(27)28/h3-10,21H,1-2,11-16H2,(H,27,28). The van der Waals surface area contributed by atoms with Crippen LogP contribution in [-0.4, -0.2) is 60.1 Å². The minimum absolute atomic E-state index is 0.0921. The van der Waals surface area contributed by atoms with Crippen molar-refractivity contribution in [2.24, 2.45) is 0 Å². The van der Waals surface area contributed by atoms with E-state index in [2.05, 4.69) is 4.90 Å². The van der Waals surface area contributed by atoms with Crippen molar-refractivity contribution in [3.05, 3.63) is 71.3 Å². The Balaban J connectivity index is 1.57. The Morgan fingerprint density at radius 2 is 1.32 bits per heavy atom. The highest BCUT2D eigenvalue weighted by Crippen LogP contribution is 2.29. The van der Waals surface area contributed by atoms with E-state index in [0.29, 0.717) is 0 Å². The summed E-state index contributed by atoms with van der Waals surface area (Å²) in [5.74, 6) is -1.22. The lowest BCUT2D eigenvalue weighted by atomic mass is 9.87. The zero-order valence-corrected chi connectivity index (χ0v) is 15.9. The van der Waals surface area contributed by atoms with Crippen LogP contribution in [-0.2, 0) is 4.79 Å². The average Bonchev–Trinajstić information content (AvgIpc) is 2.68. The lowest BCUT2D eigenvalue weighted by molar-refractivity contribution is -0.138. The Morgan fingerprint density at radius 1 is 0.857 bits per heavy atom. The molecular formula is C22H26F2N2O2. The fourth-order valence-corrected chi connectivity index (χ4v) is 3.80. The Kier molecular flexibility index (Phi) is 7.12. The first kappa shape index (κ1) is 20.4. The number of hydrogen-bond donors (Lipinski definition) is 1. The molecule has 3 rings (SSSR count). The third-order valence-electron chi connectivity index (χ3n) is 5.34. The molecule has 1 aliphatic rings. The third-order valence-corrected chi connectivity index (χ3v) is 5.34. The normalized spacial score (nSPS) is 15.8. The van der Waals surface area contributed by atoms with E-state index in [1.165, 1.54) is 24.3 Å². The van der Waals surface area contributed by atoms with Crippen LogP contribution in [0.15, 0.2) is 48.5 Å². The molecule has 1 heterocycles. The van der Waals surface area contributed by atoms with Crippen molar-refractivity contribution in [1.82, 2.24) is 9.80 Å². The molecule has 0 amide bonds. The van der Waals surface area contributed by atoms with Gasteiger partial charge < -0.3 is 10.0 Å². The summed E-state index contributed by atoms with van der Waals surface area (Å²) in [5.41, 5.74) is 2.05. The smallest absolute Gasteiger partial charge is 0.317 e. The number of benzene rings is 2. The molecule has 0 saturated carbocycles. The minimum Gasteiger partial charge on any atom is -0.480 e. The first-order chi connectivity index (χ1) is 13.5. The highest BCUT2D eigenvalue weighted by Gasteiger charge is 2.19. The molecule has 0 aliphatic carbocycles. The summed E-state index contributed by atoms with van der Waals surface area (Å²) in [4.78, 5) is 15.1. The summed E-state index contributed by atoms with van der Waals surface area (Å²) in [6.45, 7) is 4.30. The molecule has 2 aromatic carbocycles. The van der Waals surface area contributed by atoms with Crippen LogP contribution in [0.1, 0.15) is 29.9 Å². The largest absolute Gasteiger partial charge is 0.480 e. The number of aliphatic carboxylic acids is 1. The molecule has 150 valence electrons. The maximum atomic E-state index is 13.3. The number of carboxylic acid groups (broad SMARTS) is 1. The van der Waals surface area contributed by atoms with Gasteiger partial charge in [0.1, 0.15) is 11.6 Å². The summed E-state index contributed by atoms with van der Waals surface area (Å²) in [7, 11) is 0. The van der Waals surface area contributed by atoms with Gasteiger partial charge in [-0.05, 0) is 54.8 Å². The van der Waals surface area contributed by atoms with Gasteiger partial charge in [0.2, 0.25) is 0 Å². The summed E-state index contributed by atoms with van der Waals surface area (Å²) >= 11 is 0. The Hall–Kier alpha value is -2.31. The van der Waals surface area contributed by atoms with E-state index in [9.17, 15) is 13.6 Å². The van der Waals surface area contributed by atoms with Crippen molar-refractivity contribution in [3.8, 4) is 0 Å². The molecule has 0 aromatic heterocycles. The lowest BCUT2D eigenvalue weighted by Gasteiger charge is -2.34. The molecule has 1 fully saturated rings. The highest BCUT2D eigenvalue weighted by molar-refractivity contribution is 5.69. The molecule has 0 unspecified atom stereocenters. The Morgan fingerprint density at radius 3 is 1.79 bits per heavy atom. The minimum atomic E-state index is -0.783. The number of piperazine rings is 1. The summed E-state index contributed by atoms with van der Waals surface area (Å²) in [6.07, 6.45) is 1.84. The highest BCUT2D eigenvalue weighted by atomic mass is 19.1. The van der Waals surface area contributed by atoms with E-state index in [0.717, 1.165) is 56.7 Å². The molecule has 0 atom stereocenters. The molecule has 0 radical (unpaired) electrons. The van der Waals surface area contributed by atoms with Gasteiger partial charge in [-0.25, -0.2) is 8.78 Å². The van der Waals surface area contributed by atoms with Gasteiger partial charge in [0.05, 0.1) is 6.54 Å². The van der Waals surface area contributed by atoms with Gasteiger partial charge in [0.15, 0.2) is 0 Å². The van der Waals surface area contributed by atoms with Crippen LogP contribution in [0.4, 0.5) is 8.78 Å². The number of rotatable bonds is 8. The van der Waals surface area contributed by atoms with E-state index >= 15 is 0 Å². The number of nitrogens with zero attached hydrogens (tertiary/aromatic N) is 2. The van der Waals surface area contributed by atoms with E-state index in [4.69, 9.17) is 5.11 Å². The van der Waals surface area contributed by atoms with Crippen LogP contribution < -0.4 is 0 Å². The first-order valence-electron chi connectivity index (χ1n) is 9.68. The molecule has 6 heteroatoms. The second kappa shape index (κ2) is 9.75. The SMILES string of the molecule is O=C(O)CN1CCN(CCCC(c2ccc(F)cc2)c2ccc(F)cc2)CC1. The predicted molar refractivity (Wildman–Crippen MR) is 104 cm³/mol. The van der Waals surface area contributed by atoms with Crippen molar-refractivity contribution in [2.45, 2.75) is 18.8 Å². The maximum absolute atomic E-state index is 13.3. The van der Waals surface area contributed by atoms with E-state index in [1.54, 1.807) is 24.3 Å². The van der Waals surface area contributed by atoms with Gasteiger partial charge in [0.25, 0.3) is 0 Å². The number of hydrogen-bond acceptors (Lipinski definition) is 3. The van der Waals surface area contributed by atoms with Crippen LogP contribution in [0.3, 0.4) is 0 Å².